The van der Waals surface area contributed by atoms with E-state index in [1.807, 2.05) is 12.3 Å². The van der Waals surface area contributed by atoms with Gasteiger partial charge in [0.25, 0.3) is 0 Å². The molecule has 0 radical (unpaired) electrons. The summed E-state index contributed by atoms with van der Waals surface area (Å²) in [5.41, 5.74) is 6.75. The van der Waals surface area contributed by atoms with E-state index >= 15 is 0 Å². The highest BCUT2D eigenvalue weighted by Crippen LogP contribution is 2.28. The highest BCUT2D eigenvalue weighted by atomic mass is 15.2. The fraction of sp³-hybridized carbons (Fsp3) is 0.545. The molecule has 76 valence electrons. The van der Waals surface area contributed by atoms with E-state index in [4.69, 9.17) is 5.73 Å². The highest BCUT2D eigenvalue weighted by molar-refractivity contribution is 5.49. The van der Waals surface area contributed by atoms with Gasteiger partial charge in [-0.2, -0.15) is 0 Å². The molecule has 1 saturated heterocycles. The van der Waals surface area contributed by atoms with E-state index in [1.165, 1.54) is 12.1 Å². The Kier molecular flexibility index (Phi) is 2.32. The quantitative estimate of drug-likeness (QED) is 0.737. The first-order chi connectivity index (χ1) is 6.66. The lowest BCUT2D eigenvalue weighted by atomic mass is 10.1. The summed E-state index contributed by atoms with van der Waals surface area (Å²) < 4.78 is 0. The Bertz CT molecular complexity index is 307. The Morgan fingerprint density at radius 2 is 2.21 bits per heavy atom. The summed E-state index contributed by atoms with van der Waals surface area (Å²) in [7, 11) is 0. The van der Waals surface area contributed by atoms with Gasteiger partial charge in [0.05, 0.1) is 11.9 Å². The minimum atomic E-state index is 0.591. The van der Waals surface area contributed by atoms with Gasteiger partial charge in [0.1, 0.15) is 5.82 Å². The van der Waals surface area contributed by atoms with Gasteiger partial charge in [-0.25, -0.2) is 4.98 Å². The zero-order valence-corrected chi connectivity index (χ0v) is 8.77. The van der Waals surface area contributed by atoms with Crippen LogP contribution < -0.4 is 10.6 Å². The predicted molar refractivity (Wildman–Crippen MR) is 59.2 cm³/mol. The van der Waals surface area contributed by atoms with Crippen molar-refractivity contribution in [1.29, 1.82) is 0 Å². The van der Waals surface area contributed by atoms with Gasteiger partial charge < -0.3 is 10.6 Å². The van der Waals surface area contributed by atoms with Crippen molar-refractivity contribution in [2.45, 2.75) is 26.3 Å². The van der Waals surface area contributed by atoms with Gasteiger partial charge in [0, 0.05) is 12.6 Å². The van der Waals surface area contributed by atoms with Crippen molar-refractivity contribution in [2.75, 3.05) is 17.2 Å². The van der Waals surface area contributed by atoms with E-state index in [0.717, 1.165) is 12.5 Å². The molecule has 0 bridgehead atoms. The smallest absolute Gasteiger partial charge is 0.123 e. The van der Waals surface area contributed by atoms with E-state index < -0.39 is 0 Å². The molecule has 0 aromatic carbocycles. The normalized spacial score (nSPS) is 26.9. The number of pyridine rings is 1. The van der Waals surface area contributed by atoms with Crippen LogP contribution in [0.3, 0.4) is 0 Å². The van der Waals surface area contributed by atoms with Crippen LogP contribution in [0.1, 0.15) is 20.3 Å². The van der Waals surface area contributed by atoms with Crippen LogP contribution in [0, 0.1) is 5.92 Å². The van der Waals surface area contributed by atoms with Gasteiger partial charge in [0.15, 0.2) is 0 Å². The molecule has 14 heavy (non-hydrogen) atoms. The van der Waals surface area contributed by atoms with Gasteiger partial charge >= 0.3 is 0 Å². The van der Waals surface area contributed by atoms with E-state index in [1.54, 1.807) is 0 Å². The Labute approximate surface area is 84.9 Å². The fourth-order valence-electron chi connectivity index (χ4n) is 2.23. The van der Waals surface area contributed by atoms with Gasteiger partial charge in [-0.3, -0.25) is 0 Å². The molecule has 2 N–H and O–H groups in total. The Hall–Kier alpha value is -1.25. The Balaban J connectivity index is 2.19. The van der Waals surface area contributed by atoms with Crippen molar-refractivity contribution in [3.8, 4) is 0 Å². The third kappa shape index (κ3) is 1.67. The number of hydrogen-bond donors (Lipinski definition) is 1. The highest BCUT2D eigenvalue weighted by Gasteiger charge is 2.26. The van der Waals surface area contributed by atoms with Gasteiger partial charge in [-0.05, 0) is 31.4 Å². The monoisotopic (exact) mass is 191 g/mol. The molecular formula is C11H17N3. The molecule has 2 rings (SSSR count). The summed E-state index contributed by atoms with van der Waals surface area (Å²) in [6.45, 7) is 5.69. The topological polar surface area (TPSA) is 42.1 Å². The van der Waals surface area contributed by atoms with Crippen LogP contribution in [0.15, 0.2) is 18.3 Å². The van der Waals surface area contributed by atoms with Gasteiger partial charge in [-0.15, -0.1) is 0 Å². The molecular weight excluding hydrogens is 174 g/mol. The van der Waals surface area contributed by atoms with E-state index in [-0.39, 0.29) is 0 Å². The standard InChI is InChI=1S/C11H17N3/c1-8-5-9(2)14(7-8)10-3-4-11(12)13-6-10/h3-4,6,8-9H,5,7H2,1-2H3,(H2,12,13). The summed E-state index contributed by atoms with van der Waals surface area (Å²) in [6, 6.07) is 4.54. The molecule has 0 spiro atoms. The second kappa shape index (κ2) is 3.48. The molecule has 2 heterocycles. The van der Waals surface area contributed by atoms with Crippen LogP contribution in [0.5, 0.6) is 0 Å². The number of nitrogens with two attached hydrogens (primary N) is 1. The van der Waals surface area contributed by atoms with Crippen LogP contribution in [0.4, 0.5) is 11.5 Å². The van der Waals surface area contributed by atoms with E-state index in [2.05, 4.69) is 29.8 Å². The molecule has 3 heteroatoms. The van der Waals surface area contributed by atoms with Crippen molar-refractivity contribution in [3.63, 3.8) is 0 Å². The molecule has 1 aliphatic rings. The number of nitrogens with zero attached hydrogens (tertiary/aromatic N) is 2. The average Bonchev–Trinajstić information content (AvgIpc) is 2.47. The predicted octanol–water partition coefficient (Wildman–Crippen LogP) is 1.90. The van der Waals surface area contributed by atoms with Crippen molar-refractivity contribution in [1.82, 2.24) is 4.98 Å². The molecule has 0 saturated carbocycles. The van der Waals surface area contributed by atoms with Crippen LogP contribution in [-0.4, -0.2) is 17.6 Å². The van der Waals surface area contributed by atoms with Crippen molar-refractivity contribution < 1.29 is 0 Å². The number of rotatable bonds is 1. The lowest BCUT2D eigenvalue weighted by molar-refractivity contribution is 0.625. The maximum absolute atomic E-state index is 5.56. The third-order valence-corrected chi connectivity index (χ3v) is 2.89. The van der Waals surface area contributed by atoms with Crippen LogP contribution >= 0.6 is 0 Å². The van der Waals surface area contributed by atoms with Crippen molar-refractivity contribution in [3.05, 3.63) is 18.3 Å². The summed E-state index contributed by atoms with van der Waals surface area (Å²) in [5, 5.41) is 0. The van der Waals surface area contributed by atoms with Crippen LogP contribution in [-0.2, 0) is 0 Å². The first-order valence-corrected chi connectivity index (χ1v) is 5.15. The number of aromatic nitrogens is 1. The minimum absolute atomic E-state index is 0.591. The number of nitrogen functional groups attached to an aromatic ring is 1. The van der Waals surface area contributed by atoms with Crippen LogP contribution in [0.25, 0.3) is 0 Å². The summed E-state index contributed by atoms with van der Waals surface area (Å²) in [4.78, 5) is 6.52. The summed E-state index contributed by atoms with van der Waals surface area (Å²) in [5.74, 6) is 1.37. The number of hydrogen-bond acceptors (Lipinski definition) is 3. The molecule has 2 atom stereocenters. The zero-order chi connectivity index (χ0) is 10.1. The molecule has 1 fully saturated rings. The number of anilines is 2. The molecule has 1 aromatic heterocycles. The Morgan fingerprint density at radius 1 is 1.43 bits per heavy atom. The third-order valence-electron chi connectivity index (χ3n) is 2.89. The molecule has 1 aromatic rings. The molecule has 0 aliphatic carbocycles. The maximum atomic E-state index is 5.56. The Morgan fingerprint density at radius 3 is 2.71 bits per heavy atom. The van der Waals surface area contributed by atoms with E-state index in [9.17, 15) is 0 Å². The lowest BCUT2D eigenvalue weighted by Crippen LogP contribution is -2.26. The molecule has 1 aliphatic heterocycles. The summed E-state index contributed by atoms with van der Waals surface area (Å²) >= 11 is 0. The van der Waals surface area contributed by atoms with Gasteiger partial charge in [-0.1, -0.05) is 6.92 Å². The second-order valence-electron chi connectivity index (χ2n) is 4.28. The van der Waals surface area contributed by atoms with Crippen molar-refractivity contribution >= 4 is 11.5 Å². The van der Waals surface area contributed by atoms with Crippen LogP contribution in [0.2, 0.25) is 0 Å². The fourth-order valence-corrected chi connectivity index (χ4v) is 2.23. The maximum Gasteiger partial charge on any atom is 0.123 e. The molecule has 3 nitrogen and oxygen atoms in total. The molecule has 0 amide bonds. The van der Waals surface area contributed by atoms with E-state index in [0.29, 0.717) is 11.9 Å². The summed E-state index contributed by atoms with van der Waals surface area (Å²) in [6.07, 6.45) is 3.13. The zero-order valence-electron chi connectivity index (χ0n) is 8.77. The first kappa shape index (κ1) is 9.31. The average molecular weight is 191 g/mol. The largest absolute Gasteiger partial charge is 0.384 e. The second-order valence-corrected chi connectivity index (χ2v) is 4.28. The molecule has 2 unspecified atom stereocenters. The van der Waals surface area contributed by atoms with Gasteiger partial charge in [0.2, 0.25) is 0 Å². The minimum Gasteiger partial charge on any atom is -0.384 e. The SMILES string of the molecule is CC1CC(C)N(c2ccc(N)nc2)C1. The first-order valence-electron chi connectivity index (χ1n) is 5.15. The lowest BCUT2D eigenvalue weighted by Gasteiger charge is -2.23. The van der Waals surface area contributed by atoms with Crippen molar-refractivity contribution in [2.24, 2.45) is 5.92 Å².